The van der Waals surface area contributed by atoms with Crippen LogP contribution in [0.25, 0.3) is 22.4 Å². The van der Waals surface area contributed by atoms with Gasteiger partial charge in [-0.15, -0.1) is 0 Å². The third-order valence-electron chi connectivity index (χ3n) is 5.07. The molecule has 5 heteroatoms. The summed E-state index contributed by atoms with van der Waals surface area (Å²) < 4.78 is 0. The van der Waals surface area contributed by atoms with Gasteiger partial charge in [0.25, 0.3) is 0 Å². The predicted molar refractivity (Wildman–Crippen MR) is 107 cm³/mol. The molecule has 1 atom stereocenters. The minimum atomic E-state index is 0.0457. The standard InChI is InChI=1S/C22H24N4O/c1-16(27)24-21-11-12-26(15-21)14-20-13-23-25-22(20)19-9-7-18(8-10-19)17-5-3-2-4-6-17/h2-10,13,21H,11-12,14-15H2,1H3,(H,23,25)(H,24,27). The highest BCUT2D eigenvalue weighted by atomic mass is 16.1. The van der Waals surface area contributed by atoms with E-state index in [9.17, 15) is 4.79 Å². The lowest BCUT2D eigenvalue weighted by Crippen LogP contribution is -2.35. The van der Waals surface area contributed by atoms with E-state index in [2.05, 4.69) is 68.9 Å². The van der Waals surface area contributed by atoms with Crippen molar-refractivity contribution >= 4 is 5.91 Å². The molecule has 1 fully saturated rings. The lowest BCUT2D eigenvalue weighted by Gasteiger charge is -2.16. The molecule has 2 N–H and O–H groups in total. The number of H-pyrrole nitrogens is 1. The number of nitrogens with one attached hydrogen (secondary N) is 2. The first-order chi connectivity index (χ1) is 13.2. The zero-order valence-corrected chi connectivity index (χ0v) is 15.5. The second-order valence-corrected chi connectivity index (χ2v) is 7.13. The molecule has 27 heavy (non-hydrogen) atoms. The van der Waals surface area contributed by atoms with Crippen molar-refractivity contribution in [3.05, 3.63) is 66.4 Å². The molecule has 2 heterocycles. The molecule has 1 aromatic heterocycles. The van der Waals surface area contributed by atoms with Crippen molar-refractivity contribution in [3.63, 3.8) is 0 Å². The largest absolute Gasteiger partial charge is 0.352 e. The number of aromatic amines is 1. The van der Waals surface area contributed by atoms with E-state index in [1.54, 1.807) is 6.92 Å². The predicted octanol–water partition coefficient (Wildman–Crippen LogP) is 3.45. The Morgan fingerprint density at radius 1 is 1.11 bits per heavy atom. The van der Waals surface area contributed by atoms with E-state index >= 15 is 0 Å². The zero-order valence-electron chi connectivity index (χ0n) is 15.5. The second-order valence-electron chi connectivity index (χ2n) is 7.13. The maximum absolute atomic E-state index is 11.2. The highest BCUT2D eigenvalue weighted by Crippen LogP contribution is 2.27. The number of rotatable bonds is 5. The Morgan fingerprint density at radius 2 is 1.81 bits per heavy atom. The van der Waals surface area contributed by atoms with Gasteiger partial charge in [-0.2, -0.15) is 5.10 Å². The molecule has 3 aromatic rings. The van der Waals surface area contributed by atoms with Gasteiger partial charge in [-0.25, -0.2) is 0 Å². The van der Waals surface area contributed by atoms with Crippen LogP contribution >= 0.6 is 0 Å². The molecule has 0 spiro atoms. The van der Waals surface area contributed by atoms with E-state index in [0.717, 1.165) is 37.3 Å². The van der Waals surface area contributed by atoms with E-state index < -0.39 is 0 Å². The Morgan fingerprint density at radius 3 is 2.56 bits per heavy atom. The Kier molecular flexibility index (Phi) is 5.03. The zero-order chi connectivity index (χ0) is 18.6. The first-order valence-corrected chi connectivity index (χ1v) is 9.36. The lowest BCUT2D eigenvalue weighted by atomic mass is 10.0. The van der Waals surface area contributed by atoms with Crippen molar-refractivity contribution in [1.82, 2.24) is 20.4 Å². The van der Waals surface area contributed by atoms with Crippen LogP contribution in [-0.4, -0.2) is 40.1 Å². The van der Waals surface area contributed by atoms with Crippen LogP contribution in [0.1, 0.15) is 18.9 Å². The number of carbonyl (C=O) groups is 1. The van der Waals surface area contributed by atoms with Gasteiger partial charge in [0.05, 0.1) is 11.9 Å². The Bertz CT molecular complexity index is 902. The monoisotopic (exact) mass is 360 g/mol. The molecule has 1 aliphatic rings. The van der Waals surface area contributed by atoms with Gasteiger partial charge in [-0.05, 0) is 23.1 Å². The van der Waals surface area contributed by atoms with E-state index in [-0.39, 0.29) is 11.9 Å². The van der Waals surface area contributed by atoms with Gasteiger partial charge in [0, 0.05) is 38.2 Å². The average molecular weight is 360 g/mol. The molecule has 0 bridgehead atoms. The first kappa shape index (κ1) is 17.5. The number of hydrogen-bond acceptors (Lipinski definition) is 3. The van der Waals surface area contributed by atoms with Crippen LogP contribution in [0, 0.1) is 0 Å². The quantitative estimate of drug-likeness (QED) is 0.733. The van der Waals surface area contributed by atoms with Crippen molar-refractivity contribution < 1.29 is 4.79 Å². The molecule has 4 rings (SSSR count). The number of likely N-dealkylation sites (tertiary alicyclic amines) is 1. The Balaban J connectivity index is 1.47. The van der Waals surface area contributed by atoms with Crippen molar-refractivity contribution in [1.29, 1.82) is 0 Å². The van der Waals surface area contributed by atoms with Crippen LogP contribution in [-0.2, 0) is 11.3 Å². The number of benzene rings is 2. The number of nitrogens with zero attached hydrogens (tertiary/aromatic N) is 2. The molecule has 2 aromatic carbocycles. The SMILES string of the molecule is CC(=O)NC1CCN(Cc2cn[nH]c2-c2ccc(-c3ccccc3)cc2)C1. The van der Waals surface area contributed by atoms with Crippen LogP contribution < -0.4 is 5.32 Å². The molecular weight excluding hydrogens is 336 g/mol. The Hall–Kier alpha value is -2.92. The summed E-state index contributed by atoms with van der Waals surface area (Å²) in [6.07, 6.45) is 2.91. The highest BCUT2D eigenvalue weighted by molar-refractivity contribution is 5.73. The van der Waals surface area contributed by atoms with Gasteiger partial charge in [-0.1, -0.05) is 54.6 Å². The number of amides is 1. The van der Waals surface area contributed by atoms with Crippen LogP contribution in [0.5, 0.6) is 0 Å². The van der Waals surface area contributed by atoms with Crippen LogP contribution in [0.15, 0.2) is 60.8 Å². The molecule has 138 valence electrons. The average Bonchev–Trinajstić information content (AvgIpc) is 3.32. The number of carbonyl (C=O) groups excluding carboxylic acids is 1. The van der Waals surface area contributed by atoms with Crippen LogP contribution in [0.2, 0.25) is 0 Å². The normalized spacial score (nSPS) is 17.1. The van der Waals surface area contributed by atoms with Crippen LogP contribution in [0.4, 0.5) is 0 Å². The smallest absolute Gasteiger partial charge is 0.217 e. The fourth-order valence-corrected chi connectivity index (χ4v) is 3.76. The molecule has 1 aliphatic heterocycles. The summed E-state index contributed by atoms with van der Waals surface area (Å²) in [6, 6.07) is 19.2. The van der Waals surface area contributed by atoms with E-state index in [4.69, 9.17) is 0 Å². The third kappa shape index (κ3) is 4.09. The van der Waals surface area contributed by atoms with Gasteiger partial charge >= 0.3 is 0 Å². The van der Waals surface area contributed by atoms with Crippen molar-refractivity contribution in [2.75, 3.05) is 13.1 Å². The minimum Gasteiger partial charge on any atom is -0.352 e. The molecule has 5 nitrogen and oxygen atoms in total. The van der Waals surface area contributed by atoms with Crippen molar-refractivity contribution in [2.45, 2.75) is 25.9 Å². The topological polar surface area (TPSA) is 61.0 Å². The van der Waals surface area contributed by atoms with Gasteiger partial charge in [0.2, 0.25) is 5.91 Å². The summed E-state index contributed by atoms with van der Waals surface area (Å²) in [5.74, 6) is 0.0457. The molecule has 0 radical (unpaired) electrons. The molecule has 1 unspecified atom stereocenters. The maximum Gasteiger partial charge on any atom is 0.217 e. The van der Waals surface area contributed by atoms with Crippen molar-refractivity contribution in [2.24, 2.45) is 0 Å². The minimum absolute atomic E-state index is 0.0457. The van der Waals surface area contributed by atoms with E-state index in [1.807, 2.05) is 12.3 Å². The number of hydrogen-bond donors (Lipinski definition) is 2. The van der Waals surface area contributed by atoms with Crippen LogP contribution in [0.3, 0.4) is 0 Å². The molecule has 1 amide bonds. The van der Waals surface area contributed by atoms with E-state index in [0.29, 0.717) is 0 Å². The molecule has 1 saturated heterocycles. The third-order valence-corrected chi connectivity index (χ3v) is 5.07. The Labute approximate surface area is 159 Å². The van der Waals surface area contributed by atoms with Crippen molar-refractivity contribution in [3.8, 4) is 22.4 Å². The highest BCUT2D eigenvalue weighted by Gasteiger charge is 2.24. The summed E-state index contributed by atoms with van der Waals surface area (Å²) in [4.78, 5) is 13.6. The lowest BCUT2D eigenvalue weighted by molar-refractivity contribution is -0.119. The van der Waals surface area contributed by atoms with E-state index in [1.165, 1.54) is 16.7 Å². The summed E-state index contributed by atoms with van der Waals surface area (Å²) in [6.45, 7) is 4.29. The summed E-state index contributed by atoms with van der Waals surface area (Å²) >= 11 is 0. The van der Waals surface area contributed by atoms with Gasteiger partial charge in [-0.3, -0.25) is 14.8 Å². The first-order valence-electron chi connectivity index (χ1n) is 9.36. The second kappa shape index (κ2) is 7.76. The molecular formula is C22H24N4O. The van der Waals surface area contributed by atoms with Gasteiger partial charge in [0.15, 0.2) is 0 Å². The van der Waals surface area contributed by atoms with Gasteiger partial charge < -0.3 is 5.32 Å². The molecule has 0 saturated carbocycles. The number of aromatic nitrogens is 2. The maximum atomic E-state index is 11.2. The fraction of sp³-hybridized carbons (Fsp3) is 0.273. The molecule has 0 aliphatic carbocycles. The summed E-state index contributed by atoms with van der Waals surface area (Å²) in [5, 5.41) is 10.4. The fourth-order valence-electron chi connectivity index (χ4n) is 3.76. The summed E-state index contributed by atoms with van der Waals surface area (Å²) in [5.41, 5.74) is 5.82. The summed E-state index contributed by atoms with van der Waals surface area (Å²) in [7, 11) is 0. The van der Waals surface area contributed by atoms with Gasteiger partial charge in [0.1, 0.15) is 0 Å².